The van der Waals surface area contributed by atoms with Gasteiger partial charge in [0.25, 0.3) is 0 Å². The van der Waals surface area contributed by atoms with E-state index in [1.807, 2.05) is 30.3 Å². The van der Waals surface area contributed by atoms with E-state index in [4.69, 9.17) is 29.0 Å². The normalized spacial score (nSPS) is 12.4. The molecule has 100 valence electrons. The van der Waals surface area contributed by atoms with Crippen molar-refractivity contribution in [2.75, 3.05) is 0 Å². The first kappa shape index (κ1) is 14.8. The number of hydrazine groups is 1. The summed E-state index contributed by atoms with van der Waals surface area (Å²) < 4.78 is 0.919. The van der Waals surface area contributed by atoms with Crippen molar-refractivity contribution in [3.63, 3.8) is 0 Å². The Bertz CT molecular complexity index is 540. The van der Waals surface area contributed by atoms with E-state index < -0.39 is 0 Å². The van der Waals surface area contributed by atoms with Gasteiger partial charge in [0.1, 0.15) is 0 Å². The van der Waals surface area contributed by atoms with Gasteiger partial charge in [0, 0.05) is 20.7 Å². The number of nitrogens with one attached hydrogen (secondary N) is 1. The highest BCUT2D eigenvalue weighted by Crippen LogP contribution is 2.28. The van der Waals surface area contributed by atoms with Crippen LogP contribution >= 0.6 is 39.1 Å². The first-order valence-corrected chi connectivity index (χ1v) is 7.17. The molecule has 1 aromatic heterocycles. The van der Waals surface area contributed by atoms with Crippen molar-refractivity contribution in [1.29, 1.82) is 0 Å². The molecule has 2 aromatic rings. The summed E-state index contributed by atoms with van der Waals surface area (Å²) in [4.78, 5) is 4.33. The Balaban J connectivity index is 2.26. The Morgan fingerprint density at radius 3 is 2.42 bits per heavy atom. The maximum absolute atomic E-state index is 6.16. The summed E-state index contributed by atoms with van der Waals surface area (Å²) in [5.41, 5.74) is 4.44. The number of pyridine rings is 1. The van der Waals surface area contributed by atoms with Gasteiger partial charge in [-0.3, -0.25) is 16.3 Å². The number of rotatable bonds is 4. The molecule has 3 nitrogen and oxygen atoms in total. The van der Waals surface area contributed by atoms with Crippen LogP contribution in [-0.4, -0.2) is 4.98 Å². The van der Waals surface area contributed by atoms with Gasteiger partial charge in [-0.05, 0) is 52.2 Å². The lowest BCUT2D eigenvalue weighted by atomic mass is 10.0. The number of hydrogen-bond donors (Lipinski definition) is 2. The average molecular weight is 361 g/mol. The summed E-state index contributed by atoms with van der Waals surface area (Å²) >= 11 is 15.7. The second-order valence-electron chi connectivity index (χ2n) is 4.02. The van der Waals surface area contributed by atoms with Crippen LogP contribution in [0, 0.1) is 0 Å². The third-order valence-electron chi connectivity index (χ3n) is 2.78. The molecule has 1 heterocycles. The van der Waals surface area contributed by atoms with E-state index in [0.29, 0.717) is 16.5 Å². The summed E-state index contributed by atoms with van der Waals surface area (Å²) in [7, 11) is 0. The van der Waals surface area contributed by atoms with Gasteiger partial charge < -0.3 is 0 Å². The fourth-order valence-electron chi connectivity index (χ4n) is 1.77. The molecule has 0 aliphatic rings. The molecular weight excluding hydrogens is 349 g/mol. The molecule has 0 bridgehead atoms. The molecule has 1 aromatic carbocycles. The minimum Gasteiger partial charge on any atom is -0.271 e. The Morgan fingerprint density at radius 2 is 1.89 bits per heavy atom. The SMILES string of the molecule is NNC(Cc1c(Cl)cccc1Cl)c1ccc(Br)cn1. The van der Waals surface area contributed by atoms with Crippen LogP contribution in [-0.2, 0) is 6.42 Å². The zero-order valence-corrected chi connectivity index (χ0v) is 13.0. The number of aromatic nitrogens is 1. The molecule has 0 radical (unpaired) electrons. The Labute approximate surface area is 130 Å². The minimum absolute atomic E-state index is 0.148. The van der Waals surface area contributed by atoms with Crippen molar-refractivity contribution in [3.05, 3.63) is 62.3 Å². The number of hydrogen-bond acceptors (Lipinski definition) is 3. The zero-order valence-electron chi connectivity index (χ0n) is 9.91. The van der Waals surface area contributed by atoms with E-state index in [2.05, 4.69) is 26.3 Å². The van der Waals surface area contributed by atoms with E-state index in [1.165, 1.54) is 0 Å². The quantitative estimate of drug-likeness (QED) is 0.642. The number of nitrogens with two attached hydrogens (primary N) is 1. The molecule has 1 unspecified atom stereocenters. The second kappa shape index (κ2) is 6.68. The molecule has 0 spiro atoms. The summed E-state index contributed by atoms with van der Waals surface area (Å²) in [6.07, 6.45) is 2.30. The van der Waals surface area contributed by atoms with E-state index in [1.54, 1.807) is 6.20 Å². The molecule has 0 fully saturated rings. The van der Waals surface area contributed by atoms with Crippen molar-refractivity contribution < 1.29 is 0 Å². The van der Waals surface area contributed by atoms with Crippen molar-refractivity contribution in [3.8, 4) is 0 Å². The highest BCUT2D eigenvalue weighted by Gasteiger charge is 2.15. The lowest BCUT2D eigenvalue weighted by Gasteiger charge is -2.17. The number of benzene rings is 1. The summed E-state index contributed by atoms with van der Waals surface area (Å²) in [5.74, 6) is 5.60. The molecule has 0 aliphatic carbocycles. The predicted octanol–water partition coefficient (Wildman–Crippen LogP) is 3.90. The van der Waals surface area contributed by atoms with Crippen molar-refractivity contribution in [2.24, 2.45) is 5.84 Å². The van der Waals surface area contributed by atoms with E-state index in [9.17, 15) is 0 Å². The van der Waals surface area contributed by atoms with Crippen molar-refractivity contribution >= 4 is 39.1 Å². The van der Waals surface area contributed by atoms with Gasteiger partial charge in [0.15, 0.2) is 0 Å². The largest absolute Gasteiger partial charge is 0.271 e. The van der Waals surface area contributed by atoms with E-state index >= 15 is 0 Å². The molecule has 0 saturated carbocycles. The first-order chi connectivity index (χ1) is 9.11. The van der Waals surface area contributed by atoms with Gasteiger partial charge in [-0.15, -0.1) is 0 Å². The molecule has 6 heteroatoms. The highest BCUT2D eigenvalue weighted by atomic mass is 79.9. The maximum Gasteiger partial charge on any atom is 0.0673 e. The fraction of sp³-hybridized carbons (Fsp3) is 0.154. The van der Waals surface area contributed by atoms with Crippen LogP contribution in [0.15, 0.2) is 41.0 Å². The van der Waals surface area contributed by atoms with Gasteiger partial charge in [-0.25, -0.2) is 0 Å². The molecule has 0 saturated heterocycles. The van der Waals surface area contributed by atoms with Crippen LogP contribution in [0.25, 0.3) is 0 Å². The molecule has 0 amide bonds. The Morgan fingerprint density at radius 1 is 1.21 bits per heavy atom. The topological polar surface area (TPSA) is 50.9 Å². The van der Waals surface area contributed by atoms with Crippen molar-refractivity contribution in [2.45, 2.75) is 12.5 Å². The van der Waals surface area contributed by atoms with Crippen LogP contribution in [0.5, 0.6) is 0 Å². The van der Waals surface area contributed by atoms with E-state index in [0.717, 1.165) is 15.7 Å². The highest BCUT2D eigenvalue weighted by molar-refractivity contribution is 9.10. The number of halogens is 3. The predicted molar refractivity (Wildman–Crippen MR) is 82.2 cm³/mol. The first-order valence-electron chi connectivity index (χ1n) is 5.62. The minimum atomic E-state index is -0.148. The summed E-state index contributed by atoms with van der Waals surface area (Å²) in [5, 5.41) is 1.26. The molecule has 0 aliphatic heterocycles. The molecule has 3 N–H and O–H groups in total. The zero-order chi connectivity index (χ0) is 13.8. The van der Waals surface area contributed by atoms with Gasteiger partial charge >= 0.3 is 0 Å². The molecule has 2 rings (SSSR count). The lowest BCUT2D eigenvalue weighted by Crippen LogP contribution is -2.30. The van der Waals surface area contributed by atoms with Crippen LogP contribution in [0.3, 0.4) is 0 Å². The summed E-state index contributed by atoms with van der Waals surface area (Å²) in [6.45, 7) is 0. The van der Waals surface area contributed by atoms with E-state index in [-0.39, 0.29) is 6.04 Å². The van der Waals surface area contributed by atoms with Crippen LogP contribution in [0.2, 0.25) is 10.0 Å². The van der Waals surface area contributed by atoms with Crippen LogP contribution in [0.1, 0.15) is 17.3 Å². The van der Waals surface area contributed by atoms with Gasteiger partial charge in [0.2, 0.25) is 0 Å². The molecule has 1 atom stereocenters. The molecule has 19 heavy (non-hydrogen) atoms. The van der Waals surface area contributed by atoms with Gasteiger partial charge in [-0.1, -0.05) is 29.3 Å². The van der Waals surface area contributed by atoms with Gasteiger partial charge in [0.05, 0.1) is 11.7 Å². The second-order valence-corrected chi connectivity index (χ2v) is 5.75. The van der Waals surface area contributed by atoms with Crippen molar-refractivity contribution in [1.82, 2.24) is 10.4 Å². The number of nitrogens with zero attached hydrogens (tertiary/aromatic N) is 1. The third kappa shape index (κ3) is 3.68. The fourth-order valence-corrected chi connectivity index (χ4v) is 2.56. The summed E-state index contributed by atoms with van der Waals surface area (Å²) in [6, 6.07) is 9.11. The Kier molecular flexibility index (Phi) is 5.19. The maximum atomic E-state index is 6.16. The van der Waals surface area contributed by atoms with Gasteiger partial charge in [-0.2, -0.15) is 0 Å². The lowest BCUT2D eigenvalue weighted by molar-refractivity contribution is 0.538. The monoisotopic (exact) mass is 359 g/mol. The smallest absolute Gasteiger partial charge is 0.0673 e. The molecular formula is C13H12BrCl2N3. The van der Waals surface area contributed by atoms with Crippen LogP contribution < -0.4 is 11.3 Å². The standard InChI is InChI=1S/C13H12BrCl2N3/c14-8-4-5-12(18-7-8)13(19-17)6-9-10(15)2-1-3-11(9)16/h1-5,7,13,19H,6,17H2. The Hall–Kier alpha value is -0.650. The third-order valence-corrected chi connectivity index (χ3v) is 3.96. The average Bonchev–Trinajstić information content (AvgIpc) is 2.40. The van der Waals surface area contributed by atoms with Crippen LogP contribution in [0.4, 0.5) is 0 Å².